The number of aryl methyl sites for hydroxylation is 1. The van der Waals surface area contributed by atoms with Crippen molar-refractivity contribution in [1.29, 1.82) is 0 Å². The predicted molar refractivity (Wildman–Crippen MR) is 78.3 cm³/mol. The zero-order valence-corrected chi connectivity index (χ0v) is 12.7. The predicted octanol–water partition coefficient (Wildman–Crippen LogP) is 2.76. The number of rotatable bonds is 8. The highest BCUT2D eigenvalue weighted by Crippen LogP contribution is 2.14. The molecule has 0 saturated carbocycles. The summed E-state index contributed by atoms with van der Waals surface area (Å²) in [5.74, 6) is -3.66. The first-order valence-electron chi connectivity index (χ1n) is 7.23. The Hall–Kier alpha value is -1.98. The Morgan fingerprint density at radius 3 is 2.55 bits per heavy atom. The van der Waals surface area contributed by atoms with Crippen LogP contribution in [0.3, 0.4) is 0 Å². The first-order chi connectivity index (χ1) is 10.3. The number of aliphatic carboxylic acids is 1. The number of halogens is 2. The second-order valence-corrected chi connectivity index (χ2v) is 5.68. The maximum absolute atomic E-state index is 13.4. The molecule has 0 bridgehead atoms. The molecule has 0 aliphatic heterocycles. The quantitative estimate of drug-likeness (QED) is 0.775. The number of nitrogens with one attached hydrogen (secondary N) is 1. The summed E-state index contributed by atoms with van der Waals surface area (Å²) in [4.78, 5) is 22.8. The highest BCUT2D eigenvalue weighted by molar-refractivity contribution is 5.77. The van der Waals surface area contributed by atoms with E-state index in [1.165, 1.54) is 12.1 Å². The van der Waals surface area contributed by atoms with E-state index in [2.05, 4.69) is 5.32 Å². The van der Waals surface area contributed by atoms with Crippen LogP contribution in [0.15, 0.2) is 18.2 Å². The van der Waals surface area contributed by atoms with Gasteiger partial charge in [0.1, 0.15) is 0 Å². The zero-order chi connectivity index (χ0) is 16.7. The number of carbonyl (C=O) groups is 2. The van der Waals surface area contributed by atoms with E-state index in [9.17, 15) is 18.4 Å². The molecule has 4 nitrogen and oxygen atoms in total. The largest absolute Gasteiger partial charge is 0.481 e. The lowest BCUT2D eigenvalue weighted by molar-refractivity contribution is -0.142. The lowest BCUT2D eigenvalue weighted by atomic mass is 9.97. The van der Waals surface area contributed by atoms with E-state index in [-0.39, 0.29) is 36.8 Å². The first-order valence-corrected chi connectivity index (χ1v) is 7.23. The number of hydrogen-bond donors (Lipinski definition) is 2. The number of carbonyl (C=O) groups excluding carboxylic acids is 1. The first kappa shape index (κ1) is 18.1. The maximum atomic E-state index is 13.4. The molecule has 1 atom stereocenters. The van der Waals surface area contributed by atoms with Gasteiger partial charge in [0.25, 0.3) is 0 Å². The summed E-state index contributed by atoms with van der Waals surface area (Å²) < 4.78 is 26.5. The normalized spacial score (nSPS) is 12.2. The third-order valence-electron chi connectivity index (χ3n) is 3.30. The minimum atomic E-state index is -0.954. The molecular formula is C16H21F2NO3. The van der Waals surface area contributed by atoms with E-state index in [0.29, 0.717) is 6.42 Å². The average molecular weight is 313 g/mol. The molecule has 122 valence electrons. The fraction of sp³-hybridized carbons (Fsp3) is 0.500. The van der Waals surface area contributed by atoms with Crippen LogP contribution >= 0.6 is 0 Å². The second kappa shape index (κ2) is 8.46. The molecule has 1 unspecified atom stereocenters. The van der Waals surface area contributed by atoms with Crippen molar-refractivity contribution in [3.63, 3.8) is 0 Å². The van der Waals surface area contributed by atoms with Gasteiger partial charge in [0.05, 0.1) is 5.92 Å². The molecule has 1 amide bonds. The molecule has 0 aliphatic rings. The lowest BCUT2D eigenvalue weighted by Gasteiger charge is -2.15. The highest BCUT2D eigenvalue weighted by Gasteiger charge is 2.19. The monoisotopic (exact) mass is 313 g/mol. The van der Waals surface area contributed by atoms with E-state index < -0.39 is 23.5 Å². The van der Waals surface area contributed by atoms with Gasteiger partial charge in [-0.05, 0) is 30.4 Å². The Kier molecular flexibility index (Phi) is 6.95. The zero-order valence-electron chi connectivity index (χ0n) is 12.7. The standard InChI is InChI=1S/C16H21F2NO3/c1-10(2)8-12(16(21)22)9-19-14(20)7-6-11-4-3-5-13(17)15(11)18/h3-5,10,12H,6-9H2,1-2H3,(H,19,20)(H,21,22). The number of amides is 1. The van der Waals surface area contributed by atoms with Crippen LogP contribution in [0.5, 0.6) is 0 Å². The van der Waals surface area contributed by atoms with E-state index in [1.807, 2.05) is 13.8 Å². The van der Waals surface area contributed by atoms with Crippen LogP contribution in [0.2, 0.25) is 0 Å². The van der Waals surface area contributed by atoms with Gasteiger partial charge in [-0.3, -0.25) is 9.59 Å². The Balaban J connectivity index is 2.46. The van der Waals surface area contributed by atoms with E-state index in [4.69, 9.17) is 5.11 Å². The molecule has 0 radical (unpaired) electrons. The lowest BCUT2D eigenvalue weighted by Crippen LogP contribution is -2.33. The van der Waals surface area contributed by atoms with Crippen molar-refractivity contribution < 1.29 is 23.5 Å². The van der Waals surface area contributed by atoms with Gasteiger partial charge in [-0.1, -0.05) is 26.0 Å². The topological polar surface area (TPSA) is 66.4 Å². The molecule has 2 N–H and O–H groups in total. The van der Waals surface area contributed by atoms with Crippen molar-refractivity contribution >= 4 is 11.9 Å². The van der Waals surface area contributed by atoms with Crippen LogP contribution in [0.4, 0.5) is 8.78 Å². The van der Waals surface area contributed by atoms with Crippen molar-refractivity contribution in [1.82, 2.24) is 5.32 Å². The SMILES string of the molecule is CC(C)CC(CNC(=O)CCc1cccc(F)c1F)C(=O)O. The molecule has 1 aromatic carbocycles. The van der Waals surface area contributed by atoms with Crippen molar-refractivity contribution in [2.75, 3.05) is 6.54 Å². The number of carboxylic acids is 1. The molecule has 1 rings (SSSR count). The van der Waals surface area contributed by atoms with Crippen LogP contribution in [0, 0.1) is 23.5 Å². The third-order valence-corrected chi connectivity index (χ3v) is 3.30. The molecule has 0 heterocycles. The van der Waals surface area contributed by atoms with Crippen molar-refractivity contribution in [2.45, 2.75) is 33.1 Å². The second-order valence-electron chi connectivity index (χ2n) is 5.68. The molecule has 6 heteroatoms. The fourth-order valence-corrected chi connectivity index (χ4v) is 2.16. The summed E-state index contributed by atoms with van der Waals surface area (Å²) in [6.07, 6.45) is 0.514. The highest BCUT2D eigenvalue weighted by atomic mass is 19.2. The van der Waals surface area contributed by atoms with Crippen LogP contribution in [0.25, 0.3) is 0 Å². The van der Waals surface area contributed by atoms with Crippen LogP contribution < -0.4 is 5.32 Å². The van der Waals surface area contributed by atoms with Gasteiger partial charge in [-0.25, -0.2) is 8.78 Å². The van der Waals surface area contributed by atoms with Crippen molar-refractivity contribution in [3.05, 3.63) is 35.4 Å². The molecule has 0 fully saturated rings. The van der Waals surface area contributed by atoms with Gasteiger partial charge in [0, 0.05) is 13.0 Å². The minimum absolute atomic E-state index is 0.0195. The van der Waals surface area contributed by atoms with Crippen LogP contribution in [0.1, 0.15) is 32.3 Å². The van der Waals surface area contributed by atoms with Gasteiger partial charge in [-0.2, -0.15) is 0 Å². The smallest absolute Gasteiger partial charge is 0.308 e. The summed E-state index contributed by atoms with van der Waals surface area (Å²) in [5.41, 5.74) is 0.132. The van der Waals surface area contributed by atoms with E-state index in [0.717, 1.165) is 6.07 Å². The Morgan fingerprint density at radius 1 is 1.27 bits per heavy atom. The minimum Gasteiger partial charge on any atom is -0.481 e. The van der Waals surface area contributed by atoms with E-state index in [1.54, 1.807) is 0 Å². The van der Waals surface area contributed by atoms with Crippen molar-refractivity contribution in [2.24, 2.45) is 11.8 Å². The molecule has 0 spiro atoms. The summed E-state index contributed by atoms with van der Waals surface area (Å²) in [6, 6.07) is 3.82. The Labute approximate surface area is 128 Å². The van der Waals surface area contributed by atoms with Gasteiger partial charge >= 0.3 is 5.97 Å². The molecule has 1 aromatic rings. The van der Waals surface area contributed by atoms with Crippen LogP contribution in [-0.4, -0.2) is 23.5 Å². The average Bonchev–Trinajstić information content (AvgIpc) is 2.44. The van der Waals surface area contributed by atoms with Gasteiger partial charge in [0.15, 0.2) is 11.6 Å². The number of benzene rings is 1. The summed E-state index contributed by atoms with van der Waals surface area (Å²) >= 11 is 0. The summed E-state index contributed by atoms with van der Waals surface area (Å²) in [5, 5.41) is 11.6. The summed E-state index contributed by atoms with van der Waals surface area (Å²) in [6.45, 7) is 3.85. The van der Waals surface area contributed by atoms with E-state index >= 15 is 0 Å². The molecule has 0 aliphatic carbocycles. The number of carboxylic acid groups (broad SMARTS) is 1. The Morgan fingerprint density at radius 2 is 1.95 bits per heavy atom. The van der Waals surface area contributed by atoms with Crippen molar-refractivity contribution in [3.8, 4) is 0 Å². The van der Waals surface area contributed by atoms with Gasteiger partial charge in [0.2, 0.25) is 5.91 Å². The molecule has 22 heavy (non-hydrogen) atoms. The summed E-state index contributed by atoms with van der Waals surface area (Å²) in [7, 11) is 0. The Bertz CT molecular complexity index is 532. The maximum Gasteiger partial charge on any atom is 0.308 e. The van der Waals surface area contributed by atoms with Gasteiger partial charge in [-0.15, -0.1) is 0 Å². The van der Waals surface area contributed by atoms with Gasteiger partial charge < -0.3 is 10.4 Å². The fourth-order valence-electron chi connectivity index (χ4n) is 2.16. The molecule has 0 saturated heterocycles. The third kappa shape index (κ3) is 5.79. The van der Waals surface area contributed by atoms with Crippen LogP contribution in [-0.2, 0) is 16.0 Å². The number of hydrogen-bond acceptors (Lipinski definition) is 2. The molecule has 0 aromatic heterocycles. The molecular weight excluding hydrogens is 292 g/mol.